The van der Waals surface area contributed by atoms with Gasteiger partial charge in [0.2, 0.25) is 5.11 Å². The lowest BCUT2D eigenvalue weighted by atomic mass is 11.1. The monoisotopic (exact) mass is 158 g/mol. The highest BCUT2D eigenvalue weighted by atomic mass is 32.1. The first kappa shape index (κ1) is 7.10. The lowest BCUT2D eigenvalue weighted by molar-refractivity contribution is 0.143. The summed E-state index contributed by atoms with van der Waals surface area (Å²) in [5.74, 6) is 0. The Morgan fingerprint density at radius 1 is 1.80 bits per heavy atom. The molecular weight excluding hydrogens is 152 g/mol. The lowest BCUT2D eigenvalue weighted by Gasteiger charge is -2.01. The fourth-order valence-electron chi connectivity index (χ4n) is 0.447. The fourth-order valence-corrected chi connectivity index (χ4v) is 0.625. The number of thiocarbonyl (C=S) groups is 1. The highest BCUT2D eigenvalue weighted by molar-refractivity contribution is 7.80. The van der Waals surface area contributed by atoms with Gasteiger partial charge in [-0.2, -0.15) is 9.78 Å². The van der Waals surface area contributed by atoms with Crippen LogP contribution >= 0.6 is 12.2 Å². The van der Waals surface area contributed by atoms with Crippen LogP contribution in [-0.2, 0) is 4.84 Å². The van der Waals surface area contributed by atoms with E-state index in [9.17, 15) is 0 Å². The van der Waals surface area contributed by atoms with Crippen LogP contribution in [0.15, 0.2) is 12.7 Å². The molecule has 0 radical (unpaired) electrons. The van der Waals surface area contributed by atoms with Gasteiger partial charge in [0.05, 0.1) is 7.11 Å². The molecule has 0 saturated heterocycles. The third-order valence-electron chi connectivity index (χ3n) is 0.816. The largest absolute Gasteiger partial charge is 0.277 e. The van der Waals surface area contributed by atoms with Crippen molar-refractivity contribution in [3.8, 4) is 0 Å². The maximum absolute atomic E-state index is 4.80. The minimum Gasteiger partial charge on any atom is -0.277 e. The normalized spacial score (nSPS) is 9.30. The zero-order valence-electron chi connectivity index (χ0n) is 5.31. The smallest absolute Gasteiger partial charge is 0.219 e. The number of hydrogen-bond acceptors (Lipinski definition) is 4. The Balaban J connectivity index is 2.59. The highest BCUT2D eigenvalue weighted by Gasteiger charge is 1.95. The molecule has 0 unspecified atom stereocenters. The van der Waals surface area contributed by atoms with Crippen LogP contribution in [0, 0.1) is 0 Å². The van der Waals surface area contributed by atoms with Crippen molar-refractivity contribution in [3.05, 3.63) is 12.7 Å². The number of aromatic nitrogens is 3. The first-order valence-electron chi connectivity index (χ1n) is 2.52. The first-order chi connectivity index (χ1) is 4.84. The van der Waals surface area contributed by atoms with Gasteiger partial charge >= 0.3 is 0 Å². The van der Waals surface area contributed by atoms with Crippen LogP contribution in [0.2, 0.25) is 0 Å². The number of nitrogens with one attached hydrogen (secondary N) is 1. The van der Waals surface area contributed by atoms with Gasteiger partial charge in [-0.25, -0.2) is 10.5 Å². The lowest BCUT2D eigenvalue weighted by Crippen LogP contribution is -2.27. The molecule has 0 aliphatic rings. The summed E-state index contributed by atoms with van der Waals surface area (Å²) in [7, 11) is 1.48. The van der Waals surface area contributed by atoms with E-state index in [4.69, 9.17) is 12.2 Å². The van der Waals surface area contributed by atoms with Crippen molar-refractivity contribution in [1.82, 2.24) is 20.2 Å². The van der Waals surface area contributed by atoms with Crippen molar-refractivity contribution in [2.24, 2.45) is 0 Å². The van der Waals surface area contributed by atoms with E-state index in [0.717, 1.165) is 0 Å². The molecule has 0 saturated carbocycles. The summed E-state index contributed by atoms with van der Waals surface area (Å²) in [5.41, 5.74) is 2.44. The van der Waals surface area contributed by atoms with Crippen molar-refractivity contribution in [2.75, 3.05) is 7.11 Å². The molecule has 1 rings (SSSR count). The van der Waals surface area contributed by atoms with Gasteiger partial charge in [0.15, 0.2) is 0 Å². The second kappa shape index (κ2) is 3.23. The van der Waals surface area contributed by atoms with E-state index in [2.05, 4.69) is 20.4 Å². The van der Waals surface area contributed by atoms with E-state index in [1.54, 1.807) is 0 Å². The topological polar surface area (TPSA) is 52.0 Å². The van der Waals surface area contributed by atoms with Crippen molar-refractivity contribution in [2.45, 2.75) is 0 Å². The Morgan fingerprint density at radius 2 is 2.60 bits per heavy atom. The van der Waals surface area contributed by atoms with E-state index >= 15 is 0 Å². The Labute approximate surface area is 63.0 Å². The molecule has 0 spiro atoms. The summed E-state index contributed by atoms with van der Waals surface area (Å²) >= 11 is 4.80. The Hall–Kier alpha value is -1.01. The zero-order valence-corrected chi connectivity index (χ0v) is 6.13. The second-order valence-electron chi connectivity index (χ2n) is 1.45. The quantitative estimate of drug-likeness (QED) is 0.443. The molecule has 0 fully saturated rings. The summed E-state index contributed by atoms with van der Waals surface area (Å²) < 4.78 is 1.39. The third-order valence-corrected chi connectivity index (χ3v) is 1.09. The van der Waals surface area contributed by atoms with E-state index in [1.807, 2.05) is 0 Å². The van der Waals surface area contributed by atoms with Crippen LogP contribution in [0.5, 0.6) is 0 Å². The molecular formula is C4H6N4OS. The summed E-state index contributed by atoms with van der Waals surface area (Å²) in [5, 5.41) is 4.12. The molecule has 0 bridgehead atoms. The molecule has 1 aromatic rings. The minimum absolute atomic E-state index is 0.361. The van der Waals surface area contributed by atoms with Gasteiger partial charge in [0, 0.05) is 0 Å². The molecule has 1 N–H and O–H groups in total. The summed E-state index contributed by atoms with van der Waals surface area (Å²) in [6, 6.07) is 0. The molecule has 1 heterocycles. The van der Waals surface area contributed by atoms with Gasteiger partial charge in [0.25, 0.3) is 0 Å². The molecule has 0 atom stereocenters. The molecule has 0 aliphatic heterocycles. The maximum atomic E-state index is 4.80. The van der Waals surface area contributed by atoms with Crippen molar-refractivity contribution >= 4 is 17.3 Å². The van der Waals surface area contributed by atoms with Gasteiger partial charge in [-0.05, 0) is 12.2 Å². The van der Waals surface area contributed by atoms with Crippen LogP contribution in [0.25, 0.3) is 0 Å². The molecule has 54 valence electrons. The van der Waals surface area contributed by atoms with Gasteiger partial charge in [-0.1, -0.05) is 0 Å². The van der Waals surface area contributed by atoms with Crippen LogP contribution in [0.1, 0.15) is 0 Å². The molecule has 10 heavy (non-hydrogen) atoms. The maximum Gasteiger partial charge on any atom is 0.219 e. The number of hydroxylamine groups is 1. The average molecular weight is 158 g/mol. The van der Waals surface area contributed by atoms with Crippen LogP contribution < -0.4 is 5.48 Å². The molecule has 6 heteroatoms. The molecule has 0 aromatic carbocycles. The average Bonchev–Trinajstić information content (AvgIpc) is 2.38. The summed E-state index contributed by atoms with van der Waals surface area (Å²) in [4.78, 5) is 8.24. The van der Waals surface area contributed by atoms with Crippen LogP contribution in [0.4, 0.5) is 0 Å². The standard InChI is InChI=1S/C4H6N4OS/c1-9-7-4(10)8-3-5-2-6-8/h2-3H,1H3,(H,7,10). The number of nitrogens with zero attached hydrogens (tertiary/aromatic N) is 3. The van der Waals surface area contributed by atoms with Crippen molar-refractivity contribution in [3.63, 3.8) is 0 Å². The molecule has 0 amide bonds. The summed E-state index contributed by atoms with van der Waals surface area (Å²) in [6.45, 7) is 0. The third kappa shape index (κ3) is 1.49. The number of rotatable bonds is 1. The minimum atomic E-state index is 0.361. The van der Waals surface area contributed by atoms with Crippen molar-refractivity contribution in [1.29, 1.82) is 0 Å². The second-order valence-corrected chi connectivity index (χ2v) is 1.84. The van der Waals surface area contributed by atoms with Gasteiger partial charge < -0.3 is 0 Å². The first-order valence-corrected chi connectivity index (χ1v) is 2.93. The Kier molecular flexibility index (Phi) is 2.30. The van der Waals surface area contributed by atoms with Crippen molar-refractivity contribution < 1.29 is 4.84 Å². The van der Waals surface area contributed by atoms with Crippen LogP contribution in [-0.4, -0.2) is 27.0 Å². The fraction of sp³-hybridized carbons (Fsp3) is 0.250. The number of hydrogen-bond donors (Lipinski definition) is 1. The predicted molar refractivity (Wildman–Crippen MR) is 38.2 cm³/mol. The molecule has 0 aliphatic carbocycles. The van der Waals surface area contributed by atoms with E-state index in [0.29, 0.717) is 5.11 Å². The predicted octanol–water partition coefficient (Wildman–Crippen LogP) is -0.438. The molecule has 5 nitrogen and oxygen atoms in total. The molecule has 1 aromatic heterocycles. The Morgan fingerprint density at radius 3 is 3.10 bits per heavy atom. The van der Waals surface area contributed by atoms with Gasteiger partial charge in [-0.3, -0.25) is 4.84 Å². The highest BCUT2D eigenvalue weighted by Crippen LogP contribution is 1.78. The van der Waals surface area contributed by atoms with E-state index in [-0.39, 0.29) is 0 Å². The van der Waals surface area contributed by atoms with Crippen LogP contribution in [0.3, 0.4) is 0 Å². The van der Waals surface area contributed by atoms with E-state index < -0.39 is 0 Å². The van der Waals surface area contributed by atoms with E-state index in [1.165, 1.54) is 24.4 Å². The summed E-state index contributed by atoms with van der Waals surface area (Å²) in [6.07, 6.45) is 2.87. The zero-order chi connectivity index (χ0) is 7.40. The van der Waals surface area contributed by atoms with Gasteiger partial charge in [-0.15, -0.1) is 0 Å². The SMILES string of the molecule is CONC(=S)n1cncn1. The Bertz CT molecular complexity index is 209. The van der Waals surface area contributed by atoms with Gasteiger partial charge in [0.1, 0.15) is 12.7 Å².